The van der Waals surface area contributed by atoms with Crippen molar-refractivity contribution < 1.29 is 9.53 Å². The third-order valence-electron chi connectivity index (χ3n) is 4.92. The summed E-state index contributed by atoms with van der Waals surface area (Å²) in [7, 11) is 0. The van der Waals surface area contributed by atoms with Crippen molar-refractivity contribution in [3.63, 3.8) is 0 Å². The summed E-state index contributed by atoms with van der Waals surface area (Å²) in [4.78, 5) is 16.2. The number of cyclic esters (lactones) is 1. The monoisotopic (exact) mass is 263 g/mol. The lowest BCUT2D eigenvalue weighted by Gasteiger charge is -2.27. The molecule has 18 heavy (non-hydrogen) atoms. The molecule has 3 saturated heterocycles. The van der Waals surface area contributed by atoms with Gasteiger partial charge in [-0.15, -0.1) is 11.3 Å². The SMILES string of the molecule is O=C1OCC[C@]12CN1CCC[C@H]1[C@H]2c1cccs1. The predicted octanol–water partition coefficient (Wildman–Crippen LogP) is 2.24. The van der Waals surface area contributed by atoms with Gasteiger partial charge in [0.1, 0.15) is 0 Å². The summed E-state index contributed by atoms with van der Waals surface area (Å²) >= 11 is 1.80. The van der Waals surface area contributed by atoms with Crippen molar-refractivity contribution in [3.05, 3.63) is 22.4 Å². The highest BCUT2D eigenvalue weighted by molar-refractivity contribution is 7.10. The molecular weight excluding hydrogens is 246 g/mol. The van der Waals surface area contributed by atoms with Gasteiger partial charge in [-0.25, -0.2) is 0 Å². The molecule has 0 aliphatic carbocycles. The minimum absolute atomic E-state index is 0.0512. The van der Waals surface area contributed by atoms with Crippen molar-refractivity contribution in [2.24, 2.45) is 5.41 Å². The Morgan fingerprint density at radius 2 is 2.44 bits per heavy atom. The summed E-state index contributed by atoms with van der Waals surface area (Å²) < 4.78 is 5.32. The molecule has 3 fully saturated rings. The molecule has 0 bridgehead atoms. The maximum absolute atomic E-state index is 12.3. The van der Waals surface area contributed by atoms with Gasteiger partial charge >= 0.3 is 5.97 Å². The van der Waals surface area contributed by atoms with Gasteiger partial charge in [-0.3, -0.25) is 9.69 Å². The van der Waals surface area contributed by atoms with E-state index in [1.54, 1.807) is 11.3 Å². The van der Waals surface area contributed by atoms with E-state index in [2.05, 4.69) is 22.4 Å². The smallest absolute Gasteiger partial charge is 0.314 e. The van der Waals surface area contributed by atoms with E-state index in [0.29, 0.717) is 18.6 Å². The average Bonchev–Trinajstić information content (AvgIpc) is 3.07. The number of rotatable bonds is 1. The fourth-order valence-electron chi connectivity index (χ4n) is 4.18. The molecule has 3 aliphatic rings. The topological polar surface area (TPSA) is 29.5 Å². The van der Waals surface area contributed by atoms with Gasteiger partial charge in [0.2, 0.25) is 0 Å². The summed E-state index contributed by atoms with van der Waals surface area (Å²) in [6.45, 7) is 2.68. The molecule has 4 heterocycles. The lowest BCUT2D eigenvalue weighted by atomic mass is 9.73. The van der Waals surface area contributed by atoms with Gasteiger partial charge in [0.15, 0.2) is 0 Å². The van der Waals surface area contributed by atoms with E-state index < -0.39 is 0 Å². The molecule has 1 spiro atoms. The normalized spacial score (nSPS) is 39.4. The molecular formula is C14H17NO2S. The number of thiophene rings is 1. The van der Waals surface area contributed by atoms with E-state index in [-0.39, 0.29) is 11.4 Å². The molecule has 3 aliphatic heterocycles. The summed E-state index contributed by atoms with van der Waals surface area (Å²) in [6.07, 6.45) is 3.41. The Morgan fingerprint density at radius 1 is 1.50 bits per heavy atom. The van der Waals surface area contributed by atoms with E-state index >= 15 is 0 Å². The highest BCUT2D eigenvalue weighted by atomic mass is 32.1. The van der Waals surface area contributed by atoms with Crippen LogP contribution in [0.2, 0.25) is 0 Å². The third-order valence-corrected chi connectivity index (χ3v) is 5.87. The Kier molecular flexibility index (Phi) is 2.33. The number of ether oxygens (including phenoxy) is 1. The Labute approximate surface area is 111 Å². The molecule has 0 amide bonds. The maximum atomic E-state index is 12.3. The molecule has 1 aromatic rings. The number of nitrogens with zero attached hydrogens (tertiary/aromatic N) is 1. The van der Waals surface area contributed by atoms with Crippen LogP contribution in [0.5, 0.6) is 0 Å². The van der Waals surface area contributed by atoms with Crippen LogP contribution in [0.15, 0.2) is 17.5 Å². The van der Waals surface area contributed by atoms with Crippen LogP contribution < -0.4 is 0 Å². The molecule has 0 radical (unpaired) electrons. The van der Waals surface area contributed by atoms with Gasteiger partial charge in [0, 0.05) is 23.4 Å². The second kappa shape index (κ2) is 3.81. The lowest BCUT2D eigenvalue weighted by Crippen LogP contribution is -2.35. The molecule has 0 saturated carbocycles. The molecule has 0 N–H and O–H groups in total. The van der Waals surface area contributed by atoms with Crippen LogP contribution in [0.4, 0.5) is 0 Å². The number of fused-ring (bicyclic) bond motifs is 1. The van der Waals surface area contributed by atoms with Crippen LogP contribution in [0.1, 0.15) is 30.1 Å². The van der Waals surface area contributed by atoms with Crippen LogP contribution >= 0.6 is 11.3 Å². The van der Waals surface area contributed by atoms with Crippen LogP contribution in [-0.2, 0) is 9.53 Å². The molecule has 4 heteroatoms. The van der Waals surface area contributed by atoms with Gasteiger partial charge in [-0.05, 0) is 37.3 Å². The fraction of sp³-hybridized carbons (Fsp3) is 0.643. The number of esters is 1. The molecule has 0 unspecified atom stereocenters. The summed E-state index contributed by atoms with van der Waals surface area (Å²) in [6, 6.07) is 4.87. The molecule has 0 aromatic carbocycles. The highest BCUT2D eigenvalue weighted by Gasteiger charge is 2.61. The van der Waals surface area contributed by atoms with Crippen LogP contribution in [0.3, 0.4) is 0 Å². The van der Waals surface area contributed by atoms with Crippen molar-refractivity contribution in [1.29, 1.82) is 0 Å². The maximum Gasteiger partial charge on any atom is 0.314 e. The quantitative estimate of drug-likeness (QED) is 0.728. The Bertz CT molecular complexity index is 472. The number of carbonyl (C=O) groups is 1. The number of carbonyl (C=O) groups excluding carboxylic acids is 1. The molecule has 96 valence electrons. The fourth-order valence-corrected chi connectivity index (χ4v) is 5.18. The first-order valence-corrected chi connectivity index (χ1v) is 7.64. The van der Waals surface area contributed by atoms with Gasteiger partial charge < -0.3 is 4.74 Å². The summed E-state index contributed by atoms with van der Waals surface area (Å²) in [5.41, 5.74) is -0.240. The summed E-state index contributed by atoms with van der Waals surface area (Å²) in [5, 5.41) is 2.13. The molecule has 1 aromatic heterocycles. The second-order valence-corrected chi connectivity index (χ2v) is 6.69. The van der Waals surface area contributed by atoms with E-state index in [1.165, 1.54) is 17.7 Å². The van der Waals surface area contributed by atoms with Crippen molar-refractivity contribution in [2.45, 2.75) is 31.2 Å². The van der Waals surface area contributed by atoms with Gasteiger partial charge in [0.25, 0.3) is 0 Å². The first-order chi connectivity index (χ1) is 8.81. The van der Waals surface area contributed by atoms with E-state index in [4.69, 9.17) is 4.74 Å². The predicted molar refractivity (Wildman–Crippen MR) is 69.7 cm³/mol. The number of hydrogen-bond acceptors (Lipinski definition) is 4. The van der Waals surface area contributed by atoms with Gasteiger partial charge in [0.05, 0.1) is 12.0 Å². The zero-order valence-electron chi connectivity index (χ0n) is 10.3. The minimum Gasteiger partial charge on any atom is -0.465 e. The third kappa shape index (κ3) is 1.30. The zero-order chi connectivity index (χ0) is 12.2. The van der Waals surface area contributed by atoms with Crippen LogP contribution in [0, 0.1) is 5.41 Å². The minimum atomic E-state index is -0.240. The van der Waals surface area contributed by atoms with Crippen LogP contribution in [-0.4, -0.2) is 36.6 Å². The van der Waals surface area contributed by atoms with Crippen molar-refractivity contribution in [2.75, 3.05) is 19.7 Å². The lowest BCUT2D eigenvalue weighted by molar-refractivity contribution is -0.146. The van der Waals surface area contributed by atoms with Gasteiger partial charge in [-0.2, -0.15) is 0 Å². The second-order valence-electron chi connectivity index (χ2n) is 5.72. The van der Waals surface area contributed by atoms with Crippen molar-refractivity contribution in [3.8, 4) is 0 Å². The highest BCUT2D eigenvalue weighted by Crippen LogP contribution is 2.55. The van der Waals surface area contributed by atoms with E-state index in [0.717, 1.165) is 19.5 Å². The standard InChI is InChI=1S/C14H17NO2S/c16-13-14(5-7-17-13)9-15-6-1-3-10(15)12(14)11-4-2-8-18-11/h2,4,8,10,12H,1,3,5-7,9H2/t10-,12-,14+/m0/s1. The first kappa shape index (κ1) is 11.0. The summed E-state index contributed by atoms with van der Waals surface area (Å²) in [5.74, 6) is 0.422. The Hall–Kier alpha value is -0.870. The molecule has 4 rings (SSSR count). The van der Waals surface area contributed by atoms with E-state index in [9.17, 15) is 4.79 Å². The largest absolute Gasteiger partial charge is 0.465 e. The van der Waals surface area contributed by atoms with Crippen molar-refractivity contribution >= 4 is 17.3 Å². The number of hydrogen-bond donors (Lipinski definition) is 0. The van der Waals surface area contributed by atoms with Gasteiger partial charge in [-0.1, -0.05) is 6.07 Å². The van der Waals surface area contributed by atoms with Crippen LogP contribution in [0.25, 0.3) is 0 Å². The van der Waals surface area contributed by atoms with E-state index in [1.807, 2.05) is 0 Å². The zero-order valence-corrected chi connectivity index (χ0v) is 11.1. The molecule has 3 atom stereocenters. The Balaban J connectivity index is 1.80. The average molecular weight is 263 g/mol. The van der Waals surface area contributed by atoms with Crippen molar-refractivity contribution in [1.82, 2.24) is 4.90 Å². The first-order valence-electron chi connectivity index (χ1n) is 6.76. The Morgan fingerprint density at radius 3 is 3.17 bits per heavy atom. The molecule has 3 nitrogen and oxygen atoms in total.